The molecule has 0 aliphatic carbocycles. The summed E-state index contributed by atoms with van der Waals surface area (Å²) in [5.74, 6) is 0. The van der Waals surface area contributed by atoms with E-state index in [4.69, 9.17) is 0 Å². The maximum Gasteiger partial charge on any atom is 0.416 e. The predicted molar refractivity (Wildman–Crippen MR) is 83.7 cm³/mol. The molecule has 1 nitrogen and oxygen atoms in total. The SMILES string of the molecule is CCNC(c1cccc(C(F)(F)F)c1)c1cc(Br)c(C)s1. The van der Waals surface area contributed by atoms with Crippen molar-refractivity contribution in [1.82, 2.24) is 5.32 Å². The quantitative estimate of drug-likeness (QED) is 0.737. The molecule has 0 radical (unpaired) electrons. The molecule has 0 saturated carbocycles. The van der Waals surface area contributed by atoms with E-state index in [9.17, 15) is 13.2 Å². The maximum atomic E-state index is 12.9. The zero-order valence-corrected chi connectivity index (χ0v) is 14.0. The van der Waals surface area contributed by atoms with Gasteiger partial charge in [0.05, 0.1) is 11.6 Å². The van der Waals surface area contributed by atoms with E-state index in [1.54, 1.807) is 17.4 Å². The van der Waals surface area contributed by atoms with Crippen LogP contribution in [0.25, 0.3) is 0 Å². The van der Waals surface area contributed by atoms with E-state index >= 15 is 0 Å². The van der Waals surface area contributed by atoms with E-state index in [-0.39, 0.29) is 6.04 Å². The Bertz CT molecular complexity index is 602. The fourth-order valence-corrected chi connectivity index (χ4v) is 3.77. The van der Waals surface area contributed by atoms with Gasteiger partial charge >= 0.3 is 6.18 Å². The van der Waals surface area contributed by atoms with Crippen LogP contribution in [-0.4, -0.2) is 6.54 Å². The Morgan fingerprint density at radius 3 is 2.52 bits per heavy atom. The molecule has 1 aromatic carbocycles. The van der Waals surface area contributed by atoms with Crippen molar-refractivity contribution >= 4 is 27.3 Å². The Labute approximate surface area is 134 Å². The van der Waals surface area contributed by atoms with Crippen molar-refractivity contribution in [2.24, 2.45) is 0 Å². The molecule has 0 fully saturated rings. The first-order valence-corrected chi connectivity index (χ1v) is 8.10. The number of nitrogens with one attached hydrogen (secondary N) is 1. The lowest BCUT2D eigenvalue weighted by Crippen LogP contribution is -2.21. The fraction of sp³-hybridized carbons (Fsp3) is 0.333. The van der Waals surface area contributed by atoms with Crippen molar-refractivity contribution in [2.45, 2.75) is 26.1 Å². The van der Waals surface area contributed by atoms with Crippen LogP contribution in [0.3, 0.4) is 0 Å². The van der Waals surface area contributed by atoms with Gasteiger partial charge < -0.3 is 5.32 Å². The molecule has 1 aromatic heterocycles. The van der Waals surface area contributed by atoms with Gasteiger partial charge in [-0.3, -0.25) is 0 Å². The molecule has 2 rings (SSSR count). The first-order valence-electron chi connectivity index (χ1n) is 6.49. The van der Waals surface area contributed by atoms with E-state index in [0.29, 0.717) is 12.1 Å². The third-order valence-corrected chi connectivity index (χ3v) is 5.32. The number of alkyl halides is 3. The maximum absolute atomic E-state index is 12.9. The molecule has 21 heavy (non-hydrogen) atoms. The number of benzene rings is 1. The molecule has 1 unspecified atom stereocenters. The van der Waals surface area contributed by atoms with Crippen molar-refractivity contribution in [1.29, 1.82) is 0 Å². The summed E-state index contributed by atoms with van der Waals surface area (Å²) in [4.78, 5) is 2.11. The van der Waals surface area contributed by atoms with Crippen LogP contribution >= 0.6 is 27.3 Å². The van der Waals surface area contributed by atoms with Crippen molar-refractivity contribution < 1.29 is 13.2 Å². The Hall–Kier alpha value is -0.850. The fourth-order valence-electron chi connectivity index (χ4n) is 2.11. The molecule has 2 aromatic rings. The van der Waals surface area contributed by atoms with Crippen LogP contribution in [0, 0.1) is 6.92 Å². The molecule has 0 aliphatic rings. The number of hydrogen-bond acceptors (Lipinski definition) is 2. The normalized spacial score (nSPS) is 13.4. The third kappa shape index (κ3) is 3.87. The van der Waals surface area contributed by atoms with Gasteiger partial charge in [-0.05, 0) is 53.2 Å². The molecular weight excluding hydrogens is 363 g/mol. The van der Waals surface area contributed by atoms with Gasteiger partial charge in [0.1, 0.15) is 0 Å². The highest BCUT2D eigenvalue weighted by Crippen LogP contribution is 2.36. The summed E-state index contributed by atoms with van der Waals surface area (Å²) in [5.41, 5.74) is 0.00988. The predicted octanol–water partition coefficient (Wildman–Crippen LogP) is 5.54. The van der Waals surface area contributed by atoms with Crippen molar-refractivity contribution in [3.05, 3.63) is 55.7 Å². The van der Waals surface area contributed by atoms with Gasteiger partial charge in [0.15, 0.2) is 0 Å². The molecule has 0 bridgehead atoms. The number of hydrogen-bond donors (Lipinski definition) is 1. The molecular formula is C15H15BrF3NS. The highest BCUT2D eigenvalue weighted by Gasteiger charge is 2.31. The molecule has 0 spiro atoms. The molecule has 1 atom stereocenters. The Morgan fingerprint density at radius 1 is 1.29 bits per heavy atom. The lowest BCUT2D eigenvalue weighted by atomic mass is 10.0. The van der Waals surface area contributed by atoms with Crippen LogP contribution in [0.2, 0.25) is 0 Å². The topological polar surface area (TPSA) is 12.0 Å². The summed E-state index contributed by atoms with van der Waals surface area (Å²) in [6.45, 7) is 4.60. The summed E-state index contributed by atoms with van der Waals surface area (Å²) < 4.78 is 39.6. The Kier molecular flexibility index (Phi) is 5.11. The minimum Gasteiger partial charge on any atom is -0.306 e. The largest absolute Gasteiger partial charge is 0.416 e. The van der Waals surface area contributed by atoms with E-state index < -0.39 is 11.7 Å². The molecule has 114 valence electrons. The van der Waals surface area contributed by atoms with E-state index in [1.807, 2.05) is 19.9 Å². The summed E-state index contributed by atoms with van der Waals surface area (Å²) in [7, 11) is 0. The lowest BCUT2D eigenvalue weighted by molar-refractivity contribution is -0.137. The summed E-state index contributed by atoms with van der Waals surface area (Å²) in [5, 5.41) is 3.26. The van der Waals surface area contributed by atoms with Gasteiger partial charge in [0.2, 0.25) is 0 Å². The van der Waals surface area contributed by atoms with Crippen LogP contribution in [0.5, 0.6) is 0 Å². The second-order valence-electron chi connectivity index (χ2n) is 4.67. The second-order valence-corrected chi connectivity index (χ2v) is 6.81. The molecule has 6 heteroatoms. The first-order chi connectivity index (χ1) is 9.82. The molecule has 0 amide bonds. The first kappa shape index (κ1) is 16.5. The monoisotopic (exact) mass is 377 g/mol. The average Bonchev–Trinajstić information content (AvgIpc) is 2.75. The number of thiophene rings is 1. The minimum absolute atomic E-state index is 0.229. The summed E-state index contributed by atoms with van der Waals surface area (Å²) >= 11 is 5.04. The third-order valence-electron chi connectivity index (χ3n) is 3.12. The molecule has 1 N–H and O–H groups in total. The smallest absolute Gasteiger partial charge is 0.306 e. The summed E-state index contributed by atoms with van der Waals surface area (Å²) in [6.07, 6.45) is -4.32. The van der Waals surface area contributed by atoms with Gasteiger partial charge in [0, 0.05) is 14.2 Å². The van der Waals surface area contributed by atoms with Crippen LogP contribution in [0.15, 0.2) is 34.8 Å². The van der Waals surface area contributed by atoms with Gasteiger partial charge in [-0.1, -0.05) is 19.1 Å². The molecule has 1 heterocycles. The standard InChI is InChI=1S/C15H15BrF3NS/c1-3-20-14(13-8-12(16)9(2)21-13)10-5-4-6-11(7-10)15(17,18)19/h4-8,14,20H,3H2,1-2H3. The zero-order chi connectivity index (χ0) is 15.6. The average molecular weight is 378 g/mol. The van der Waals surface area contributed by atoms with Gasteiger partial charge in [-0.15, -0.1) is 11.3 Å². The number of halogens is 4. The Morgan fingerprint density at radius 2 is 2.00 bits per heavy atom. The highest BCUT2D eigenvalue weighted by molar-refractivity contribution is 9.10. The van der Waals surface area contributed by atoms with Gasteiger partial charge in [-0.2, -0.15) is 13.2 Å². The van der Waals surface area contributed by atoms with Crippen molar-refractivity contribution in [2.75, 3.05) is 6.54 Å². The summed E-state index contributed by atoms with van der Waals surface area (Å²) in [6, 6.07) is 7.24. The van der Waals surface area contributed by atoms with Crippen LogP contribution in [0.1, 0.15) is 33.8 Å². The molecule has 0 saturated heterocycles. The van der Waals surface area contributed by atoms with E-state index in [0.717, 1.165) is 20.3 Å². The van der Waals surface area contributed by atoms with Crippen molar-refractivity contribution in [3.8, 4) is 0 Å². The lowest BCUT2D eigenvalue weighted by Gasteiger charge is -2.18. The van der Waals surface area contributed by atoms with Crippen molar-refractivity contribution in [3.63, 3.8) is 0 Å². The Balaban J connectivity index is 2.43. The van der Waals surface area contributed by atoms with Crippen LogP contribution in [0.4, 0.5) is 13.2 Å². The second kappa shape index (κ2) is 6.50. The highest BCUT2D eigenvalue weighted by atomic mass is 79.9. The van der Waals surface area contributed by atoms with E-state index in [1.165, 1.54) is 12.1 Å². The van der Waals surface area contributed by atoms with Gasteiger partial charge in [0.25, 0.3) is 0 Å². The number of rotatable bonds is 4. The van der Waals surface area contributed by atoms with Crippen LogP contribution < -0.4 is 5.32 Å². The molecule has 0 aliphatic heterocycles. The van der Waals surface area contributed by atoms with E-state index in [2.05, 4.69) is 21.2 Å². The minimum atomic E-state index is -4.32. The van der Waals surface area contributed by atoms with Gasteiger partial charge in [-0.25, -0.2) is 0 Å². The number of aryl methyl sites for hydroxylation is 1. The zero-order valence-electron chi connectivity index (χ0n) is 11.6. The van der Waals surface area contributed by atoms with Crippen LogP contribution in [-0.2, 0) is 6.18 Å².